The predicted octanol–water partition coefficient (Wildman–Crippen LogP) is 2.10. The van der Waals surface area contributed by atoms with E-state index in [-0.39, 0.29) is 11.9 Å². The molecule has 0 fully saturated rings. The fourth-order valence-electron chi connectivity index (χ4n) is 1.60. The van der Waals surface area contributed by atoms with Crippen LogP contribution >= 0.6 is 22.6 Å². The van der Waals surface area contributed by atoms with E-state index >= 15 is 0 Å². The fraction of sp³-hybridized carbons (Fsp3) is 0.300. The van der Waals surface area contributed by atoms with Crippen molar-refractivity contribution in [2.75, 3.05) is 0 Å². The van der Waals surface area contributed by atoms with Crippen LogP contribution in [-0.2, 0) is 11.2 Å². The van der Waals surface area contributed by atoms with Crippen molar-refractivity contribution in [2.45, 2.75) is 19.4 Å². The predicted molar refractivity (Wildman–Crippen MR) is 59.4 cm³/mol. The largest absolute Gasteiger partial charge is 0.506 e. The van der Waals surface area contributed by atoms with Crippen LogP contribution in [0.1, 0.15) is 22.8 Å². The van der Waals surface area contributed by atoms with Crippen molar-refractivity contribution in [1.29, 1.82) is 0 Å². The van der Waals surface area contributed by atoms with E-state index in [1.165, 1.54) is 0 Å². The molecule has 0 saturated carbocycles. The summed E-state index contributed by atoms with van der Waals surface area (Å²) in [4.78, 5) is 11.5. The summed E-state index contributed by atoms with van der Waals surface area (Å²) in [6.45, 7) is 1.84. The highest BCUT2D eigenvalue weighted by atomic mass is 127. The lowest BCUT2D eigenvalue weighted by Crippen LogP contribution is -2.25. The van der Waals surface area contributed by atoms with Crippen molar-refractivity contribution in [3.63, 3.8) is 0 Å². The van der Waals surface area contributed by atoms with Crippen molar-refractivity contribution in [1.82, 2.24) is 0 Å². The first-order valence-corrected chi connectivity index (χ1v) is 5.39. The molecular formula is C10H9IO3. The Labute approximate surface area is 95.2 Å². The molecule has 0 aromatic heterocycles. The molecule has 14 heavy (non-hydrogen) atoms. The van der Waals surface area contributed by atoms with Crippen LogP contribution in [0.5, 0.6) is 5.75 Å². The molecule has 74 valence electrons. The molecule has 1 atom stereocenters. The minimum atomic E-state index is -0.422. The van der Waals surface area contributed by atoms with Gasteiger partial charge in [-0.2, -0.15) is 0 Å². The van der Waals surface area contributed by atoms with E-state index in [1.807, 2.05) is 35.6 Å². The van der Waals surface area contributed by atoms with Crippen molar-refractivity contribution >= 4 is 28.6 Å². The van der Waals surface area contributed by atoms with Gasteiger partial charge in [-0.05, 0) is 41.1 Å². The number of ether oxygens (including phenoxy) is 1. The smallest absolute Gasteiger partial charge is 0.342 e. The van der Waals surface area contributed by atoms with E-state index in [9.17, 15) is 9.90 Å². The molecule has 0 saturated heterocycles. The van der Waals surface area contributed by atoms with Crippen LogP contribution in [0.4, 0.5) is 0 Å². The molecule has 1 heterocycles. The number of aromatic hydroxyl groups is 1. The van der Waals surface area contributed by atoms with Crippen molar-refractivity contribution in [3.8, 4) is 5.75 Å². The third-order valence-electron chi connectivity index (χ3n) is 2.23. The number of halogens is 1. The lowest BCUT2D eigenvalue weighted by molar-refractivity contribution is 0.0297. The van der Waals surface area contributed by atoms with E-state index in [4.69, 9.17) is 4.74 Å². The maximum atomic E-state index is 11.5. The maximum Gasteiger partial charge on any atom is 0.342 e. The van der Waals surface area contributed by atoms with Crippen LogP contribution in [0.15, 0.2) is 12.1 Å². The summed E-state index contributed by atoms with van der Waals surface area (Å²) in [5.41, 5.74) is 1.20. The van der Waals surface area contributed by atoms with Crippen LogP contribution in [0, 0.1) is 3.57 Å². The summed E-state index contributed by atoms with van der Waals surface area (Å²) in [6, 6.07) is 3.67. The van der Waals surface area contributed by atoms with E-state index in [2.05, 4.69) is 0 Å². The number of benzene rings is 1. The molecule has 3 nitrogen and oxygen atoms in total. The van der Waals surface area contributed by atoms with E-state index < -0.39 is 5.97 Å². The molecule has 2 rings (SSSR count). The molecule has 1 aromatic carbocycles. The standard InChI is InChI=1S/C10H9IO3/c1-5-4-6-2-3-7(11)9(12)8(6)10(13)14-5/h2-3,5,12H,4H2,1H3. The highest BCUT2D eigenvalue weighted by Crippen LogP contribution is 2.31. The topological polar surface area (TPSA) is 46.5 Å². The summed E-state index contributed by atoms with van der Waals surface area (Å²) < 4.78 is 5.72. The minimum Gasteiger partial charge on any atom is -0.506 e. The average Bonchev–Trinajstić information content (AvgIpc) is 2.10. The minimum absolute atomic E-state index is 0.0417. The molecule has 1 aliphatic heterocycles. The van der Waals surface area contributed by atoms with Crippen molar-refractivity contribution in [2.24, 2.45) is 0 Å². The lowest BCUT2D eigenvalue weighted by atomic mass is 9.98. The molecule has 0 radical (unpaired) electrons. The number of hydrogen-bond acceptors (Lipinski definition) is 3. The molecule has 0 aliphatic carbocycles. The zero-order valence-corrected chi connectivity index (χ0v) is 9.74. The van der Waals surface area contributed by atoms with E-state index in [0.29, 0.717) is 15.6 Å². The van der Waals surface area contributed by atoms with Gasteiger partial charge < -0.3 is 9.84 Å². The Morgan fingerprint density at radius 3 is 3.00 bits per heavy atom. The van der Waals surface area contributed by atoms with E-state index in [0.717, 1.165) is 5.56 Å². The first-order valence-electron chi connectivity index (χ1n) is 4.31. The van der Waals surface area contributed by atoms with Gasteiger partial charge in [0.2, 0.25) is 0 Å². The monoisotopic (exact) mass is 304 g/mol. The molecule has 1 unspecified atom stereocenters. The fourth-order valence-corrected chi connectivity index (χ4v) is 2.05. The second-order valence-electron chi connectivity index (χ2n) is 3.35. The Morgan fingerprint density at radius 1 is 1.57 bits per heavy atom. The van der Waals surface area contributed by atoms with Gasteiger partial charge in [0.15, 0.2) is 0 Å². The van der Waals surface area contributed by atoms with Crippen LogP contribution in [0.2, 0.25) is 0 Å². The Bertz CT molecular complexity index is 401. The quantitative estimate of drug-likeness (QED) is 0.590. The van der Waals surface area contributed by atoms with Crippen molar-refractivity contribution in [3.05, 3.63) is 26.8 Å². The Balaban J connectivity index is 2.60. The van der Waals surface area contributed by atoms with Gasteiger partial charge >= 0.3 is 5.97 Å². The number of esters is 1. The number of rotatable bonds is 0. The zero-order valence-electron chi connectivity index (χ0n) is 7.58. The molecular weight excluding hydrogens is 295 g/mol. The van der Waals surface area contributed by atoms with Gasteiger partial charge in [0.1, 0.15) is 17.4 Å². The number of carbonyl (C=O) groups is 1. The summed E-state index contributed by atoms with van der Waals surface area (Å²) >= 11 is 1.99. The van der Waals surface area contributed by atoms with Crippen molar-refractivity contribution < 1.29 is 14.6 Å². The van der Waals surface area contributed by atoms with Crippen LogP contribution < -0.4 is 0 Å². The van der Waals surface area contributed by atoms with Gasteiger partial charge in [0, 0.05) is 6.42 Å². The van der Waals surface area contributed by atoms with E-state index in [1.54, 1.807) is 6.07 Å². The number of cyclic esters (lactones) is 1. The third kappa shape index (κ3) is 1.47. The Hall–Kier alpha value is -0.780. The second kappa shape index (κ2) is 3.42. The average molecular weight is 304 g/mol. The summed E-state index contributed by atoms with van der Waals surface area (Å²) in [6.07, 6.45) is 0.570. The molecule has 0 spiro atoms. The molecule has 1 aliphatic rings. The van der Waals surface area contributed by atoms with Gasteiger partial charge in [-0.3, -0.25) is 0 Å². The Kier molecular flexibility index (Phi) is 2.38. The number of hydrogen-bond donors (Lipinski definition) is 1. The summed E-state index contributed by atoms with van der Waals surface area (Å²) in [5, 5.41) is 9.69. The molecule has 4 heteroatoms. The lowest BCUT2D eigenvalue weighted by Gasteiger charge is -2.22. The van der Waals surface area contributed by atoms with Gasteiger partial charge in [0.05, 0.1) is 3.57 Å². The molecule has 1 N–H and O–H groups in total. The second-order valence-corrected chi connectivity index (χ2v) is 4.51. The first-order chi connectivity index (χ1) is 6.59. The Morgan fingerprint density at radius 2 is 2.29 bits per heavy atom. The third-order valence-corrected chi connectivity index (χ3v) is 3.11. The highest BCUT2D eigenvalue weighted by Gasteiger charge is 2.27. The maximum absolute atomic E-state index is 11.5. The molecule has 0 bridgehead atoms. The van der Waals surface area contributed by atoms with Gasteiger partial charge in [-0.15, -0.1) is 0 Å². The number of phenols is 1. The molecule has 1 aromatic rings. The number of fused-ring (bicyclic) bond motifs is 1. The summed E-state index contributed by atoms with van der Waals surface area (Å²) in [7, 11) is 0. The summed E-state index contributed by atoms with van der Waals surface area (Å²) in [5.74, 6) is -0.380. The van der Waals surface area contributed by atoms with Crippen LogP contribution in [0.3, 0.4) is 0 Å². The van der Waals surface area contributed by atoms with Gasteiger partial charge in [-0.25, -0.2) is 4.79 Å². The SMILES string of the molecule is CC1Cc2ccc(I)c(O)c2C(=O)O1. The van der Waals surface area contributed by atoms with Gasteiger partial charge in [0.25, 0.3) is 0 Å². The van der Waals surface area contributed by atoms with Crippen LogP contribution in [-0.4, -0.2) is 17.2 Å². The zero-order chi connectivity index (χ0) is 10.3. The first kappa shape index (κ1) is 9.76. The van der Waals surface area contributed by atoms with Crippen LogP contribution in [0.25, 0.3) is 0 Å². The molecule has 0 amide bonds. The highest BCUT2D eigenvalue weighted by molar-refractivity contribution is 14.1. The number of phenolic OH excluding ortho intramolecular Hbond substituents is 1. The normalized spacial score (nSPS) is 20.1. The van der Waals surface area contributed by atoms with Gasteiger partial charge in [-0.1, -0.05) is 6.07 Å². The number of carbonyl (C=O) groups excluding carboxylic acids is 1.